The van der Waals surface area contributed by atoms with Crippen molar-refractivity contribution in [1.29, 1.82) is 0 Å². The Labute approximate surface area is 262 Å². The molecule has 1 N–H and O–H groups in total. The van der Waals surface area contributed by atoms with Crippen molar-refractivity contribution in [3.8, 4) is 0 Å². The predicted molar refractivity (Wildman–Crippen MR) is 168 cm³/mol. The number of aromatic nitrogens is 3. The van der Waals surface area contributed by atoms with E-state index in [0.29, 0.717) is 36.7 Å². The molecule has 0 radical (unpaired) electrons. The molecular formula is C30H38ClN7O5S. The van der Waals surface area contributed by atoms with Crippen LogP contribution in [0, 0.1) is 6.92 Å². The van der Waals surface area contributed by atoms with Gasteiger partial charge in [-0.25, -0.2) is 22.7 Å². The van der Waals surface area contributed by atoms with E-state index in [1.54, 1.807) is 20.4 Å². The van der Waals surface area contributed by atoms with Crippen molar-refractivity contribution in [3.63, 3.8) is 0 Å². The summed E-state index contributed by atoms with van der Waals surface area (Å²) in [5, 5.41) is 5.18. The van der Waals surface area contributed by atoms with Gasteiger partial charge in [0.1, 0.15) is 11.4 Å². The number of hydrogen-bond donors (Lipinski definition) is 1. The van der Waals surface area contributed by atoms with Crippen LogP contribution >= 0.6 is 11.6 Å². The number of anilines is 2. The first-order valence-electron chi connectivity index (χ1n) is 14.8. The van der Waals surface area contributed by atoms with E-state index in [-0.39, 0.29) is 34.8 Å². The van der Waals surface area contributed by atoms with Gasteiger partial charge >= 0.3 is 6.09 Å². The summed E-state index contributed by atoms with van der Waals surface area (Å²) in [6, 6.07) is 6.17. The Hall–Kier alpha value is -3.58. The molecule has 1 spiro atoms. The highest BCUT2D eigenvalue weighted by atomic mass is 35.5. The maximum atomic E-state index is 13.9. The highest BCUT2D eigenvalue weighted by Crippen LogP contribution is 2.43. The lowest BCUT2D eigenvalue weighted by molar-refractivity contribution is -0.0223. The predicted octanol–water partition coefficient (Wildman–Crippen LogP) is 4.63. The molecule has 14 heteroatoms. The molecule has 2 aromatic heterocycles. The fraction of sp³-hybridized carbons (Fsp3) is 0.533. The summed E-state index contributed by atoms with van der Waals surface area (Å²) in [6.07, 6.45) is 6.15. The Bertz CT molecular complexity index is 1750. The first-order valence-corrected chi connectivity index (χ1v) is 17.1. The van der Waals surface area contributed by atoms with Gasteiger partial charge in [0.25, 0.3) is 5.91 Å². The Morgan fingerprint density at radius 1 is 1.14 bits per heavy atom. The van der Waals surface area contributed by atoms with Crippen LogP contribution in [-0.4, -0.2) is 88.4 Å². The molecule has 0 unspecified atom stereocenters. The van der Waals surface area contributed by atoms with Crippen molar-refractivity contribution in [2.24, 2.45) is 0 Å². The first kappa shape index (κ1) is 30.4. The lowest BCUT2D eigenvalue weighted by Crippen LogP contribution is -2.78. The standard InChI is InChI=1S/C30H38ClN7O5S/c1-19-16-38-25(32-26(19)37-13-11-30(37)17-35(18-30)28(40)43-29(2,3)4)15-23(33-38)24-8-6-7-12-36(24)27(39)21-14-20(31)9-10-22(21)34-44(5,41)42/h9-10,14-16,24,34H,6-8,11-13,17-18H2,1-5H3/t24-/m0/s1. The van der Waals surface area contributed by atoms with Gasteiger partial charge in [-0.2, -0.15) is 5.10 Å². The van der Waals surface area contributed by atoms with Gasteiger partial charge in [-0.15, -0.1) is 0 Å². The molecule has 3 aromatic rings. The van der Waals surface area contributed by atoms with Crippen molar-refractivity contribution in [3.05, 3.63) is 52.3 Å². The van der Waals surface area contributed by atoms with E-state index >= 15 is 0 Å². The Morgan fingerprint density at radius 2 is 1.89 bits per heavy atom. The molecule has 12 nitrogen and oxygen atoms in total. The lowest BCUT2D eigenvalue weighted by atomic mass is 9.77. The molecular weight excluding hydrogens is 606 g/mol. The molecule has 3 fully saturated rings. The number of halogens is 1. The number of aryl methyl sites for hydroxylation is 1. The quantitative estimate of drug-likeness (QED) is 0.426. The number of ether oxygens (including phenoxy) is 1. The zero-order valence-electron chi connectivity index (χ0n) is 25.6. The smallest absolute Gasteiger partial charge is 0.410 e. The van der Waals surface area contributed by atoms with Gasteiger partial charge in [0.15, 0.2) is 5.65 Å². The van der Waals surface area contributed by atoms with E-state index in [1.807, 2.05) is 40.0 Å². The zero-order chi connectivity index (χ0) is 31.6. The SMILES string of the molecule is Cc1cn2nc([C@@H]3CCCCN3C(=O)c3cc(Cl)ccc3NS(C)(=O)=O)cc2nc1N1CCC12CN(C(=O)OC(C)(C)C)C2. The number of nitrogens with one attached hydrogen (secondary N) is 1. The van der Waals surface area contributed by atoms with Crippen LogP contribution in [-0.2, 0) is 14.8 Å². The summed E-state index contributed by atoms with van der Waals surface area (Å²) in [7, 11) is -3.61. The minimum absolute atomic E-state index is 0.142. The number of carbonyl (C=O) groups is 2. The molecule has 236 valence electrons. The highest BCUT2D eigenvalue weighted by molar-refractivity contribution is 7.92. The van der Waals surface area contributed by atoms with E-state index < -0.39 is 15.6 Å². The van der Waals surface area contributed by atoms with Crippen molar-refractivity contribution in [2.45, 2.75) is 70.6 Å². The van der Waals surface area contributed by atoms with Gasteiger partial charge in [0, 0.05) is 49.0 Å². The number of nitrogens with zero attached hydrogens (tertiary/aromatic N) is 6. The number of rotatable bonds is 5. The number of amides is 2. The molecule has 0 bridgehead atoms. The summed E-state index contributed by atoms with van der Waals surface area (Å²) in [5.41, 5.74) is 2.06. The average Bonchev–Trinajstić information content (AvgIpc) is 3.29. The minimum atomic E-state index is -3.61. The molecule has 3 aliphatic heterocycles. The molecule has 3 aliphatic rings. The topological polar surface area (TPSA) is 129 Å². The minimum Gasteiger partial charge on any atom is -0.444 e. The van der Waals surface area contributed by atoms with Gasteiger partial charge in [0.05, 0.1) is 34.8 Å². The van der Waals surface area contributed by atoms with Crippen LogP contribution in [0.3, 0.4) is 0 Å². The van der Waals surface area contributed by atoms with E-state index in [9.17, 15) is 18.0 Å². The third-order valence-electron chi connectivity index (χ3n) is 8.49. The van der Waals surface area contributed by atoms with E-state index in [2.05, 4.69) is 9.62 Å². The summed E-state index contributed by atoms with van der Waals surface area (Å²) in [6.45, 7) is 10.1. The van der Waals surface area contributed by atoms with Gasteiger partial charge in [-0.1, -0.05) is 11.6 Å². The van der Waals surface area contributed by atoms with Crippen molar-refractivity contribution in [2.75, 3.05) is 42.1 Å². The van der Waals surface area contributed by atoms with Crippen LogP contribution in [0.15, 0.2) is 30.5 Å². The maximum Gasteiger partial charge on any atom is 0.410 e. The number of piperidine rings is 1. The third kappa shape index (κ3) is 5.79. The number of sulfonamides is 1. The molecule has 0 aliphatic carbocycles. The number of likely N-dealkylation sites (tertiary alicyclic amines) is 2. The largest absolute Gasteiger partial charge is 0.444 e. The zero-order valence-corrected chi connectivity index (χ0v) is 27.2. The van der Waals surface area contributed by atoms with E-state index in [0.717, 1.165) is 49.1 Å². The van der Waals surface area contributed by atoms with Crippen LogP contribution in [0.1, 0.15) is 74.1 Å². The molecule has 1 aromatic carbocycles. The number of carbonyl (C=O) groups excluding carboxylic acids is 2. The van der Waals surface area contributed by atoms with Crippen LogP contribution < -0.4 is 9.62 Å². The van der Waals surface area contributed by atoms with Crippen molar-refractivity contribution < 1.29 is 22.7 Å². The fourth-order valence-corrected chi connectivity index (χ4v) is 7.14. The van der Waals surface area contributed by atoms with Gasteiger partial charge in [0.2, 0.25) is 10.0 Å². The molecule has 5 heterocycles. The van der Waals surface area contributed by atoms with Crippen LogP contribution in [0.2, 0.25) is 5.02 Å². The van der Waals surface area contributed by atoms with Crippen LogP contribution in [0.5, 0.6) is 0 Å². The number of hydrogen-bond acceptors (Lipinski definition) is 8. The van der Waals surface area contributed by atoms with E-state index in [4.69, 9.17) is 26.4 Å². The molecule has 0 saturated carbocycles. The highest BCUT2D eigenvalue weighted by Gasteiger charge is 2.56. The molecule has 44 heavy (non-hydrogen) atoms. The summed E-state index contributed by atoms with van der Waals surface area (Å²) >= 11 is 6.23. The molecule has 1 atom stereocenters. The Morgan fingerprint density at radius 3 is 2.55 bits per heavy atom. The van der Waals surface area contributed by atoms with Crippen LogP contribution in [0.4, 0.5) is 16.3 Å². The fourth-order valence-electron chi connectivity index (χ4n) is 6.39. The van der Waals surface area contributed by atoms with Gasteiger partial charge < -0.3 is 19.4 Å². The lowest BCUT2D eigenvalue weighted by Gasteiger charge is -2.62. The van der Waals surface area contributed by atoms with Gasteiger partial charge in [-0.05, 0) is 71.6 Å². The molecule has 2 amide bonds. The monoisotopic (exact) mass is 643 g/mol. The van der Waals surface area contributed by atoms with E-state index in [1.165, 1.54) is 12.1 Å². The van der Waals surface area contributed by atoms with Gasteiger partial charge in [-0.3, -0.25) is 9.52 Å². The summed E-state index contributed by atoms with van der Waals surface area (Å²) in [5.74, 6) is 0.554. The molecule has 6 rings (SSSR count). The normalized spacial score (nSPS) is 20.0. The number of fused-ring (bicyclic) bond motifs is 1. The third-order valence-corrected chi connectivity index (χ3v) is 9.31. The van der Waals surface area contributed by atoms with Crippen molar-refractivity contribution in [1.82, 2.24) is 24.4 Å². The summed E-state index contributed by atoms with van der Waals surface area (Å²) < 4.78 is 33.7. The number of benzene rings is 1. The van der Waals surface area contributed by atoms with Crippen molar-refractivity contribution >= 4 is 50.8 Å². The second-order valence-corrected chi connectivity index (χ2v) is 15.3. The maximum absolute atomic E-state index is 13.9. The van der Waals surface area contributed by atoms with Crippen LogP contribution in [0.25, 0.3) is 5.65 Å². The Kier molecular flexibility index (Phi) is 7.47. The average molecular weight is 644 g/mol. The Balaban J connectivity index is 1.25. The second-order valence-electron chi connectivity index (χ2n) is 13.2. The molecule has 3 saturated heterocycles. The summed E-state index contributed by atoms with van der Waals surface area (Å²) in [4.78, 5) is 37.2. The first-order chi connectivity index (χ1) is 20.6. The second kappa shape index (κ2) is 10.8.